The van der Waals surface area contributed by atoms with E-state index in [9.17, 15) is 9.59 Å². The Bertz CT molecular complexity index is 368. The van der Waals surface area contributed by atoms with E-state index in [1.807, 2.05) is 0 Å². The molecule has 5 nitrogen and oxygen atoms in total. The molecule has 0 aromatic carbocycles. The zero-order valence-corrected chi connectivity index (χ0v) is 5.55. The highest BCUT2D eigenvalue weighted by Gasteiger charge is 2.17. The van der Waals surface area contributed by atoms with E-state index in [4.69, 9.17) is 0 Å². The molecule has 5 heteroatoms. The fraction of sp³-hybridized carbons (Fsp3) is 0.167. The van der Waals surface area contributed by atoms with Crippen molar-refractivity contribution in [3.05, 3.63) is 22.2 Å². The van der Waals surface area contributed by atoms with Gasteiger partial charge in [-0.25, -0.2) is 9.78 Å². The van der Waals surface area contributed by atoms with Crippen LogP contribution in [-0.4, -0.2) is 15.9 Å². The van der Waals surface area contributed by atoms with Crippen molar-refractivity contribution in [1.29, 1.82) is 0 Å². The summed E-state index contributed by atoms with van der Waals surface area (Å²) in [5, 5.41) is 2.50. The summed E-state index contributed by atoms with van der Waals surface area (Å²) >= 11 is 0. The van der Waals surface area contributed by atoms with E-state index in [2.05, 4.69) is 15.3 Å². The van der Waals surface area contributed by atoms with Gasteiger partial charge in [-0.05, 0) is 0 Å². The Morgan fingerprint density at radius 2 is 2.27 bits per heavy atom. The van der Waals surface area contributed by atoms with Crippen LogP contribution in [0, 0.1) is 0 Å². The van der Waals surface area contributed by atoms with Crippen LogP contribution >= 0.6 is 0 Å². The highest BCUT2D eigenvalue weighted by atomic mass is 16.2. The molecule has 1 aromatic heterocycles. The molecule has 0 spiro atoms. The average molecular weight is 151 g/mol. The lowest BCUT2D eigenvalue weighted by atomic mass is 10.3. The molecule has 0 bridgehead atoms. The topological polar surface area (TPSA) is 74.8 Å². The summed E-state index contributed by atoms with van der Waals surface area (Å²) in [6.07, 6.45) is 1.71. The van der Waals surface area contributed by atoms with Crippen LogP contribution < -0.4 is 11.0 Å². The molecule has 2 N–H and O–H groups in total. The number of anilines is 1. The predicted molar refractivity (Wildman–Crippen MR) is 37.2 cm³/mol. The van der Waals surface area contributed by atoms with Gasteiger partial charge in [0.25, 0.3) is 0 Å². The molecule has 56 valence electrons. The molecule has 2 heterocycles. The second-order valence-corrected chi connectivity index (χ2v) is 2.31. The van der Waals surface area contributed by atoms with Crippen molar-refractivity contribution in [3.63, 3.8) is 0 Å². The van der Waals surface area contributed by atoms with Crippen molar-refractivity contribution >= 4 is 11.7 Å². The van der Waals surface area contributed by atoms with E-state index >= 15 is 0 Å². The molecular formula is C6H5N3O2. The number of nitrogens with one attached hydrogen (secondary N) is 2. The molecule has 1 amide bonds. The first-order valence-corrected chi connectivity index (χ1v) is 3.14. The number of hydrogen-bond donors (Lipinski definition) is 2. The van der Waals surface area contributed by atoms with Crippen LogP contribution in [0.5, 0.6) is 0 Å². The Hall–Kier alpha value is -1.65. The number of rotatable bonds is 0. The van der Waals surface area contributed by atoms with Gasteiger partial charge in [-0.1, -0.05) is 0 Å². The monoisotopic (exact) mass is 151 g/mol. The molecule has 2 rings (SSSR count). The van der Waals surface area contributed by atoms with Gasteiger partial charge in [0.15, 0.2) is 0 Å². The molecule has 0 radical (unpaired) electrons. The minimum absolute atomic E-state index is 0.108. The number of hydrogen-bond acceptors (Lipinski definition) is 3. The van der Waals surface area contributed by atoms with Crippen LogP contribution in [-0.2, 0) is 11.2 Å². The third kappa shape index (κ3) is 0.899. The number of carbonyl (C=O) groups excluding carboxylic acids is 1. The number of amides is 1. The van der Waals surface area contributed by atoms with Gasteiger partial charge in [0.1, 0.15) is 5.82 Å². The molecule has 1 aromatic rings. The van der Waals surface area contributed by atoms with Gasteiger partial charge in [0, 0.05) is 11.8 Å². The number of carbonyl (C=O) groups is 1. The average Bonchev–Trinajstić information content (AvgIpc) is 2.27. The van der Waals surface area contributed by atoms with Crippen molar-refractivity contribution < 1.29 is 4.79 Å². The van der Waals surface area contributed by atoms with E-state index in [0.717, 1.165) is 5.56 Å². The maximum absolute atomic E-state index is 10.8. The maximum atomic E-state index is 10.8. The van der Waals surface area contributed by atoms with Gasteiger partial charge in [-0.15, -0.1) is 0 Å². The Morgan fingerprint density at radius 1 is 1.45 bits per heavy atom. The summed E-state index contributed by atoms with van der Waals surface area (Å²) in [5.41, 5.74) is 0.306. The van der Waals surface area contributed by atoms with Gasteiger partial charge in [0.05, 0.1) is 6.42 Å². The zero-order valence-electron chi connectivity index (χ0n) is 5.55. The van der Waals surface area contributed by atoms with Crippen molar-refractivity contribution in [3.8, 4) is 0 Å². The van der Waals surface area contributed by atoms with Crippen molar-refractivity contribution in [2.24, 2.45) is 0 Å². The summed E-state index contributed by atoms with van der Waals surface area (Å²) in [4.78, 5) is 27.3. The maximum Gasteiger partial charge on any atom is 0.346 e. The molecule has 0 aliphatic carbocycles. The Balaban J connectivity index is 2.59. The van der Waals surface area contributed by atoms with Crippen LogP contribution in [0.25, 0.3) is 0 Å². The van der Waals surface area contributed by atoms with Gasteiger partial charge in [-0.3, -0.25) is 9.78 Å². The smallest absolute Gasteiger partial charge is 0.312 e. The first-order valence-electron chi connectivity index (χ1n) is 3.14. The molecule has 0 atom stereocenters. The molecule has 0 saturated heterocycles. The van der Waals surface area contributed by atoms with E-state index < -0.39 is 5.69 Å². The Labute approximate surface area is 61.5 Å². The molecule has 0 unspecified atom stereocenters. The number of aromatic nitrogens is 2. The molecule has 1 aliphatic heterocycles. The SMILES string of the molecule is O=C1Cc2cnc(=O)[nH]c2N1. The molecule has 0 fully saturated rings. The van der Waals surface area contributed by atoms with Crippen LogP contribution in [0.4, 0.5) is 5.82 Å². The van der Waals surface area contributed by atoms with Crippen LogP contribution in [0.1, 0.15) is 5.56 Å². The Kier molecular flexibility index (Phi) is 1.06. The van der Waals surface area contributed by atoms with Crippen molar-refractivity contribution in [1.82, 2.24) is 9.97 Å². The number of fused-ring (bicyclic) bond motifs is 1. The second-order valence-electron chi connectivity index (χ2n) is 2.31. The minimum atomic E-state index is -0.439. The first-order chi connectivity index (χ1) is 5.25. The second kappa shape index (κ2) is 1.91. The van der Waals surface area contributed by atoms with Crippen molar-refractivity contribution in [2.75, 3.05) is 5.32 Å². The van der Waals surface area contributed by atoms with Gasteiger partial charge < -0.3 is 5.32 Å². The summed E-state index contributed by atoms with van der Waals surface area (Å²) in [7, 11) is 0. The molecule has 0 saturated carbocycles. The van der Waals surface area contributed by atoms with E-state index in [-0.39, 0.29) is 5.91 Å². The molecule has 1 aliphatic rings. The number of H-pyrrole nitrogens is 1. The highest BCUT2D eigenvalue weighted by molar-refractivity contribution is 5.97. The van der Waals surface area contributed by atoms with E-state index in [1.165, 1.54) is 6.20 Å². The summed E-state index contributed by atoms with van der Waals surface area (Å²) in [6.45, 7) is 0. The van der Waals surface area contributed by atoms with E-state index in [1.54, 1.807) is 0 Å². The fourth-order valence-electron chi connectivity index (χ4n) is 1.02. The van der Waals surface area contributed by atoms with Crippen LogP contribution in [0.3, 0.4) is 0 Å². The summed E-state index contributed by atoms with van der Waals surface area (Å²) in [5.74, 6) is 0.374. The fourth-order valence-corrected chi connectivity index (χ4v) is 1.02. The number of aromatic amines is 1. The third-order valence-corrected chi connectivity index (χ3v) is 1.51. The lowest BCUT2D eigenvalue weighted by Crippen LogP contribution is -2.11. The minimum Gasteiger partial charge on any atom is -0.312 e. The lowest BCUT2D eigenvalue weighted by molar-refractivity contribution is -0.115. The van der Waals surface area contributed by atoms with Gasteiger partial charge in [-0.2, -0.15) is 0 Å². The van der Waals surface area contributed by atoms with Crippen LogP contribution in [0.15, 0.2) is 11.0 Å². The standard InChI is InChI=1S/C6H5N3O2/c10-4-1-3-2-7-6(11)9-5(3)8-4/h2H,1H2,(H2,7,8,9,10,11). The normalized spacial score (nSPS) is 14.4. The van der Waals surface area contributed by atoms with E-state index in [0.29, 0.717) is 12.2 Å². The van der Waals surface area contributed by atoms with Crippen molar-refractivity contribution in [2.45, 2.75) is 6.42 Å². The first kappa shape index (κ1) is 6.09. The van der Waals surface area contributed by atoms with Gasteiger partial charge in [0.2, 0.25) is 5.91 Å². The largest absolute Gasteiger partial charge is 0.346 e. The third-order valence-electron chi connectivity index (χ3n) is 1.51. The highest BCUT2D eigenvalue weighted by Crippen LogP contribution is 2.15. The summed E-state index contributed by atoms with van der Waals surface area (Å²) < 4.78 is 0. The Morgan fingerprint density at radius 3 is 3.09 bits per heavy atom. The lowest BCUT2D eigenvalue weighted by Gasteiger charge is -1.92. The quantitative estimate of drug-likeness (QED) is 0.513. The predicted octanol–water partition coefficient (Wildman–Crippen LogP) is -0.736. The molecular weight excluding hydrogens is 146 g/mol. The molecule has 11 heavy (non-hydrogen) atoms. The summed E-state index contributed by atoms with van der Waals surface area (Å²) in [6, 6.07) is 0. The zero-order chi connectivity index (χ0) is 7.84. The number of nitrogens with zero attached hydrogens (tertiary/aromatic N) is 1. The van der Waals surface area contributed by atoms with Crippen LogP contribution in [0.2, 0.25) is 0 Å². The van der Waals surface area contributed by atoms with Gasteiger partial charge >= 0.3 is 5.69 Å².